The van der Waals surface area contributed by atoms with Crippen LogP contribution in [0, 0.1) is 0 Å². The minimum Gasteiger partial charge on any atom is -0.268 e. The highest BCUT2D eigenvalue weighted by Gasteiger charge is 2.24. The first-order valence-electron chi connectivity index (χ1n) is 5.59. The van der Waals surface area contributed by atoms with Crippen LogP contribution < -0.4 is 0 Å². The summed E-state index contributed by atoms with van der Waals surface area (Å²) >= 11 is 0. The fraction of sp³-hybridized carbons (Fsp3) is 0.545. The van der Waals surface area contributed by atoms with Gasteiger partial charge in [-0.25, -0.2) is 8.42 Å². The van der Waals surface area contributed by atoms with Gasteiger partial charge in [0.05, 0.1) is 11.4 Å². The van der Waals surface area contributed by atoms with Crippen LogP contribution in [0.1, 0.15) is 31.7 Å². The van der Waals surface area contributed by atoms with Crippen molar-refractivity contribution in [3.63, 3.8) is 0 Å². The Morgan fingerprint density at radius 1 is 1.41 bits per heavy atom. The van der Waals surface area contributed by atoms with Crippen LogP contribution in [0.2, 0.25) is 0 Å². The smallest absolute Gasteiger partial charge is 0.264 e. The van der Waals surface area contributed by atoms with Gasteiger partial charge in [0.2, 0.25) is 0 Å². The second-order valence-electron chi connectivity index (χ2n) is 3.67. The molecule has 0 unspecified atom stereocenters. The molecule has 96 valence electrons. The van der Waals surface area contributed by atoms with Crippen molar-refractivity contribution < 1.29 is 8.42 Å². The first kappa shape index (κ1) is 14.3. The molecule has 4 nitrogen and oxygen atoms in total. The topological polar surface area (TPSA) is 52.0 Å². The SMILES string of the molecule is C=CCCn1nc(CC)c(S(=O)(=O)Cl)c1CC. The van der Waals surface area contributed by atoms with E-state index < -0.39 is 9.05 Å². The van der Waals surface area contributed by atoms with Gasteiger partial charge in [-0.15, -0.1) is 6.58 Å². The van der Waals surface area contributed by atoms with E-state index in [1.54, 1.807) is 10.8 Å². The van der Waals surface area contributed by atoms with Crippen LogP contribution in [0.15, 0.2) is 17.6 Å². The Bertz CT molecular complexity index is 506. The molecular weight excluding hydrogens is 260 g/mol. The lowest BCUT2D eigenvalue weighted by Crippen LogP contribution is -2.05. The van der Waals surface area contributed by atoms with Crippen LogP contribution >= 0.6 is 10.7 Å². The Hall–Kier alpha value is -0.810. The standard InChI is InChI=1S/C11H17ClN2O2S/c1-4-7-8-14-10(6-3)11(17(12,15)16)9(5-2)13-14/h4H,1,5-8H2,2-3H3. The minimum absolute atomic E-state index is 0.188. The lowest BCUT2D eigenvalue weighted by molar-refractivity contribution is 0.584. The highest BCUT2D eigenvalue weighted by Crippen LogP contribution is 2.25. The number of nitrogens with zero attached hydrogens (tertiary/aromatic N) is 2. The molecule has 1 aromatic heterocycles. The number of allylic oxidation sites excluding steroid dienone is 1. The summed E-state index contributed by atoms with van der Waals surface area (Å²) in [7, 11) is 1.74. The third kappa shape index (κ3) is 3.10. The number of halogens is 1. The van der Waals surface area contributed by atoms with E-state index in [0.717, 1.165) is 6.42 Å². The molecule has 1 heterocycles. The van der Waals surface area contributed by atoms with Crippen molar-refractivity contribution in [2.75, 3.05) is 0 Å². The average Bonchev–Trinajstić information content (AvgIpc) is 2.63. The molecule has 0 fully saturated rings. The summed E-state index contributed by atoms with van der Waals surface area (Å²) in [4.78, 5) is 0.188. The van der Waals surface area contributed by atoms with Gasteiger partial charge in [0.1, 0.15) is 4.90 Å². The molecule has 0 N–H and O–H groups in total. The molecule has 1 rings (SSSR count). The highest BCUT2D eigenvalue weighted by molar-refractivity contribution is 8.13. The fourth-order valence-electron chi connectivity index (χ4n) is 1.79. The fourth-order valence-corrected chi connectivity index (χ4v) is 3.32. The number of rotatable bonds is 6. The van der Waals surface area contributed by atoms with Gasteiger partial charge in [-0.3, -0.25) is 4.68 Å². The van der Waals surface area contributed by atoms with Gasteiger partial charge >= 0.3 is 0 Å². The predicted molar refractivity (Wildman–Crippen MR) is 68.8 cm³/mol. The maximum Gasteiger partial charge on any atom is 0.264 e. The van der Waals surface area contributed by atoms with Crippen molar-refractivity contribution in [3.8, 4) is 0 Å². The zero-order valence-corrected chi connectivity index (χ0v) is 11.7. The summed E-state index contributed by atoms with van der Waals surface area (Å²) in [5.74, 6) is 0. The Labute approximate surface area is 107 Å². The summed E-state index contributed by atoms with van der Waals surface area (Å²) in [6, 6.07) is 0. The molecule has 0 atom stereocenters. The lowest BCUT2D eigenvalue weighted by Gasteiger charge is -2.04. The van der Waals surface area contributed by atoms with E-state index in [1.807, 2.05) is 13.8 Å². The molecule has 0 bridgehead atoms. The molecule has 0 aliphatic rings. The summed E-state index contributed by atoms with van der Waals surface area (Å²) in [6.07, 6.45) is 3.67. The maximum atomic E-state index is 11.6. The third-order valence-electron chi connectivity index (χ3n) is 2.54. The van der Waals surface area contributed by atoms with Gasteiger partial charge in [-0.1, -0.05) is 19.9 Å². The monoisotopic (exact) mass is 276 g/mol. The lowest BCUT2D eigenvalue weighted by atomic mass is 10.2. The van der Waals surface area contributed by atoms with E-state index in [0.29, 0.717) is 30.8 Å². The van der Waals surface area contributed by atoms with Gasteiger partial charge in [0.15, 0.2) is 0 Å². The second-order valence-corrected chi connectivity index (χ2v) is 6.17. The van der Waals surface area contributed by atoms with Crippen LogP contribution in [-0.2, 0) is 28.4 Å². The number of aryl methyl sites for hydroxylation is 2. The summed E-state index contributed by atoms with van der Waals surface area (Å²) in [5.41, 5.74) is 1.22. The Morgan fingerprint density at radius 3 is 2.47 bits per heavy atom. The molecule has 17 heavy (non-hydrogen) atoms. The Balaban J connectivity index is 3.36. The van der Waals surface area contributed by atoms with Crippen LogP contribution in [0.3, 0.4) is 0 Å². The number of aromatic nitrogens is 2. The normalized spacial score (nSPS) is 11.7. The van der Waals surface area contributed by atoms with E-state index in [4.69, 9.17) is 10.7 Å². The molecule has 0 aromatic carbocycles. The van der Waals surface area contributed by atoms with Crippen LogP contribution in [0.4, 0.5) is 0 Å². The molecule has 6 heteroatoms. The minimum atomic E-state index is -3.73. The van der Waals surface area contributed by atoms with E-state index in [-0.39, 0.29) is 4.90 Å². The largest absolute Gasteiger partial charge is 0.268 e. The van der Waals surface area contributed by atoms with Gasteiger partial charge in [0.25, 0.3) is 9.05 Å². The maximum absolute atomic E-state index is 11.6. The van der Waals surface area contributed by atoms with Crippen LogP contribution in [0.5, 0.6) is 0 Å². The van der Waals surface area contributed by atoms with Crippen molar-refractivity contribution in [1.82, 2.24) is 9.78 Å². The number of hydrogen-bond donors (Lipinski definition) is 0. The van der Waals surface area contributed by atoms with E-state index >= 15 is 0 Å². The summed E-state index contributed by atoms with van der Waals surface area (Å²) in [6.45, 7) is 8.04. The van der Waals surface area contributed by atoms with Crippen molar-refractivity contribution in [1.29, 1.82) is 0 Å². The van der Waals surface area contributed by atoms with Crippen molar-refractivity contribution in [2.45, 2.75) is 44.6 Å². The molecule has 0 spiro atoms. The van der Waals surface area contributed by atoms with E-state index in [1.165, 1.54) is 0 Å². The average molecular weight is 277 g/mol. The van der Waals surface area contributed by atoms with Crippen LogP contribution in [-0.4, -0.2) is 18.2 Å². The zero-order valence-electron chi connectivity index (χ0n) is 10.1. The summed E-state index contributed by atoms with van der Waals surface area (Å²) < 4.78 is 24.9. The first-order valence-corrected chi connectivity index (χ1v) is 7.90. The van der Waals surface area contributed by atoms with Gasteiger partial charge in [-0.2, -0.15) is 5.10 Å². The molecule has 0 saturated carbocycles. The van der Waals surface area contributed by atoms with Crippen molar-refractivity contribution in [3.05, 3.63) is 24.0 Å². The molecule has 1 aromatic rings. The summed E-state index contributed by atoms with van der Waals surface area (Å²) in [5, 5.41) is 4.31. The second kappa shape index (κ2) is 5.69. The van der Waals surface area contributed by atoms with Crippen molar-refractivity contribution in [2.24, 2.45) is 0 Å². The third-order valence-corrected chi connectivity index (χ3v) is 3.96. The number of hydrogen-bond acceptors (Lipinski definition) is 3. The Morgan fingerprint density at radius 2 is 2.06 bits per heavy atom. The van der Waals surface area contributed by atoms with Crippen LogP contribution in [0.25, 0.3) is 0 Å². The molecule has 0 radical (unpaired) electrons. The quantitative estimate of drug-likeness (QED) is 0.593. The molecular formula is C11H17ClN2O2S. The molecule has 0 saturated heterocycles. The van der Waals surface area contributed by atoms with Gasteiger partial charge < -0.3 is 0 Å². The predicted octanol–water partition coefficient (Wildman–Crippen LogP) is 2.51. The Kier molecular flexibility index (Phi) is 4.77. The molecule has 0 aliphatic carbocycles. The van der Waals surface area contributed by atoms with Crippen molar-refractivity contribution >= 4 is 19.7 Å². The van der Waals surface area contributed by atoms with E-state index in [9.17, 15) is 8.42 Å². The van der Waals surface area contributed by atoms with E-state index in [2.05, 4.69) is 11.7 Å². The highest BCUT2D eigenvalue weighted by atomic mass is 35.7. The molecule has 0 amide bonds. The van der Waals surface area contributed by atoms with Gasteiger partial charge in [-0.05, 0) is 19.3 Å². The zero-order chi connectivity index (χ0) is 13.1. The molecule has 0 aliphatic heterocycles. The first-order chi connectivity index (χ1) is 7.95. The van der Waals surface area contributed by atoms with Gasteiger partial charge in [0, 0.05) is 17.2 Å².